The summed E-state index contributed by atoms with van der Waals surface area (Å²) in [6.07, 6.45) is 0. The van der Waals surface area contributed by atoms with Crippen molar-refractivity contribution in [3.05, 3.63) is 93.5 Å². The summed E-state index contributed by atoms with van der Waals surface area (Å²) in [6, 6.07) is 19.3. The number of benzene rings is 3. The lowest BCUT2D eigenvalue weighted by Gasteiger charge is -2.34. The third kappa shape index (κ3) is 5.44. The molecule has 0 aliphatic carbocycles. The molecule has 0 atom stereocenters. The van der Waals surface area contributed by atoms with Gasteiger partial charge in [-0.05, 0) is 48.7 Å². The van der Waals surface area contributed by atoms with E-state index in [1.54, 1.807) is 12.1 Å². The molecule has 3 aromatic rings. The Kier molecular flexibility index (Phi) is 6.97. The van der Waals surface area contributed by atoms with Gasteiger partial charge in [-0.15, -0.1) is 0 Å². The van der Waals surface area contributed by atoms with E-state index in [1.165, 1.54) is 22.0 Å². The van der Waals surface area contributed by atoms with Gasteiger partial charge in [0.25, 0.3) is 5.69 Å². The van der Waals surface area contributed by atoms with Gasteiger partial charge in [0.15, 0.2) is 0 Å². The van der Waals surface area contributed by atoms with E-state index >= 15 is 0 Å². The van der Waals surface area contributed by atoms with Crippen molar-refractivity contribution in [2.45, 2.75) is 25.3 Å². The lowest BCUT2D eigenvalue weighted by atomic mass is 10.1. The molecule has 178 valence electrons. The zero-order valence-corrected chi connectivity index (χ0v) is 20.0. The number of rotatable bonds is 7. The fourth-order valence-electron chi connectivity index (χ4n) is 4.12. The van der Waals surface area contributed by atoms with Crippen LogP contribution in [0.3, 0.4) is 0 Å². The molecule has 0 radical (unpaired) electrons. The van der Waals surface area contributed by atoms with Crippen LogP contribution in [-0.4, -0.2) is 48.7 Å². The fourth-order valence-corrected chi connectivity index (χ4v) is 5.68. The van der Waals surface area contributed by atoms with Crippen LogP contribution in [0.25, 0.3) is 0 Å². The van der Waals surface area contributed by atoms with Crippen molar-refractivity contribution in [3.8, 4) is 11.5 Å². The van der Waals surface area contributed by atoms with Crippen LogP contribution in [0.2, 0.25) is 0 Å². The second-order valence-electron chi connectivity index (χ2n) is 8.48. The van der Waals surface area contributed by atoms with E-state index < -0.39 is 14.9 Å². The zero-order valence-electron chi connectivity index (χ0n) is 19.2. The molecule has 8 nitrogen and oxygen atoms in total. The lowest BCUT2D eigenvalue weighted by Crippen LogP contribution is -2.48. The van der Waals surface area contributed by atoms with E-state index in [1.807, 2.05) is 50.2 Å². The van der Waals surface area contributed by atoms with E-state index in [0.29, 0.717) is 31.9 Å². The summed E-state index contributed by atoms with van der Waals surface area (Å²) in [7, 11) is -4.01. The lowest BCUT2D eigenvalue weighted by molar-refractivity contribution is -0.385. The first-order valence-corrected chi connectivity index (χ1v) is 12.5. The van der Waals surface area contributed by atoms with Gasteiger partial charge < -0.3 is 4.74 Å². The van der Waals surface area contributed by atoms with Crippen molar-refractivity contribution in [1.82, 2.24) is 9.21 Å². The van der Waals surface area contributed by atoms with Crippen molar-refractivity contribution < 1.29 is 18.1 Å². The Balaban J connectivity index is 1.58. The molecule has 0 saturated carbocycles. The number of piperazine rings is 1. The van der Waals surface area contributed by atoms with Crippen LogP contribution in [-0.2, 0) is 16.6 Å². The summed E-state index contributed by atoms with van der Waals surface area (Å²) < 4.78 is 34.5. The van der Waals surface area contributed by atoms with Gasteiger partial charge in [-0.1, -0.05) is 36.4 Å². The molecule has 34 heavy (non-hydrogen) atoms. The van der Waals surface area contributed by atoms with Gasteiger partial charge in [-0.3, -0.25) is 15.0 Å². The number of hydrogen-bond donors (Lipinski definition) is 0. The molecule has 4 rings (SSSR count). The van der Waals surface area contributed by atoms with Gasteiger partial charge in [0, 0.05) is 44.9 Å². The number of nitrogens with zero attached hydrogens (tertiary/aromatic N) is 3. The number of sulfonamides is 1. The first kappa shape index (κ1) is 23.9. The van der Waals surface area contributed by atoms with Crippen LogP contribution in [0.1, 0.15) is 16.7 Å². The van der Waals surface area contributed by atoms with Gasteiger partial charge >= 0.3 is 0 Å². The highest BCUT2D eigenvalue weighted by Crippen LogP contribution is 2.35. The molecule has 3 aromatic carbocycles. The molecular weight excluding hydrogens is 454 g/mol. The minimum absolute atomic E-state index is 0.0716. The smallest absolute Gasteiger partial charge is 0.271 e. The molecule has 1 aliphatic rings. The Morgan fingerprint density at radius 3 is 2.18 bits per heavy atom. The molecule has 1 saturated heterocycles. The second kappa shape index (κ2) is 9.92. The fraction of sp³-hybridized carbons (Fsp3) is 0.280. The maximum absolute atomic E-state index is 13.6. The molecule has 0 aromatic heterocycles. The van der Waals surface area contributed by atoms with E-state index in [9.17, 15) is 18.5 Å². The summed E-state index contributed by atoms with van der Waals surface area (Å²) in [5, 5.41) is 11.4. The molecule has 1 aliphatic heterocycles. The summed E-state index contributed by atoms with van der Waals surface area (Å²) >= 11 is 0. The van der Waals surface area contributed by atoms with Gasteiger partial charge in [0.1, 0.15) is 16.4 Å². The van der Waals surface area contributed by atoms with Gasteiger partial charge in [-0.2, -0.15) is 4.31 Å². The number of aryl methyl sites for hydroxylation is 2. The first-order chi connectivity index (χ1) is 16.2. The number of hydrogen-bond acceptors (Lipinski definition) is 6. The molecule has 0 spiro atoms. The molecule has 1 heterocycles. The third-order valence-corrected chi connectivity index (χ3v) is 7.68. The van der Waals surface area contributed by atoms with E-state index in [2.05, 4.69) is 4.90 Å². The monoisotopic (exact) mass is 481 g/mol. The normalized spacial score (nSPS) is 15.2. The highest BCUT2D eigenvalue weighted by atomic mass is 32.2. The second-order valence-corrected chi connectivity index (χ2v) is 10.4. The van der Waals surface area contributed by atoms with Crippen LogP contribution in [0, 0.1) is 24.0 Å². The van der Waals surface area contributed by atoms with Crippen LogP contribution in [0.15, 0.2) is 71.6 Å². The minimum atomic E-state index is -4.01. The SMILES string of the molecule is Cc1cc(C)cc(Oc2ccc([N+](=O)[O-])cc2S(=O)(=O)N2CCN(Cc3ccccc3)CC2)c1. The minimum Gasteiger partial charge on any atom is -0.456 e. The molecule has 0 N–H and O–H groups in total. The first-order valence-electron chi connectivity index (χ1n) is 11.0. The van der Waals surface area contributed by atoms with Crippen LogP contribution in [0.5, 0.6) is 11.5 Å². The zero-order chi connectivity index (χ0) is 24.3. The van der Waals surface area contributed by atoms with E-state index in [4.69, 9.17) is 4.74 Å². The molecule has 0 bridgehead atoms. The highest BCUT2D eigenvalue weighted by Gasteiger charge is 2.32. The molecular formula is C25H27N3O5S. The van der Waals surface area contributed by atoms with Gasteiger partial charge in [0.05, 0.1) is 4.92 Å². The van der Waals surface area contributed by atoms with E-state index in [-0.39, 0.29) is 16.3 Å². The third-order valence-electron chi connectivity index (χ3n) is 5.76. The van der Waals surface area contributed by atoms with E-state index in [0.717, 1.165) is 23.7 Å². The number of nitro benzene ring substituents is 1. The van der Waals surface area contributed by atoms with Crippen LogP contribution >= 0.6 is 0 Å². The summed E-state index contributed by atoms with van der Waals surface area (Å²) in [4.78, 5) is 12.8. The Morgan fingerprint density at radius 1 is 0.912 bits per heavy atom. The van der Waals surface area contributed by atoms with Crippen molar-refractivity contribution in [1.29, 1.82) is 0 Å². The molecule has 0 amide bonds. The average molecular weight is 482 g/mol. The Labute approximate surface area is 199 Å². The topological polar surface area (TPSA) is 93.0 Å². The quantitative estimate of drug-likeness (QED) is 0.364. The predicted octanol–water partition coefficient (Wildman–Crippen LogP) is 4.51. The summed E-state index contributed by atoms with van der Waals surface area (Å²) in [5.41, 5.74) is 2.81. The van der Waals surface area contributed by atoms with Crippen molar-refractivity contribution in [2.24, 2.45) is 0 Å². The number of nitro groups is 1. The molecule has 0 unspecified atom stereocenters. The van der Waals surface area contributed by atoms with Crippen molar-refractivity contribution in [2.75, 3.05) is 26.2 Å². The maximum atomic E-state index is 13.6. The standard InChI is InChI=1S/C25H27N3O5S/c1-19-14-20(2)16-23(15-19)33-24-9-8-22(28(29)30)17-25(24)34(31,32)27-12-10-26(11-13-27)18-21-6-4-3-5-7-21/h3-9,14-17H,10-13,18H2,1-2H3. The van der Waals surface area contributed by atoms with Crippen molar-refractivity contribution >= 4 is 15.7 Å². The predicted molar refractivity (Wildman–Crippen MR) is 130 cm³/mol. The molecule has 9 heteroatoms. The number of non-ortho nitro benzene ring substituents is 1. The van der Waals surface area contributed by atoms with Gasteiger partial charge in [-0.25, -0.2) is 8.42 Å². The molecule has 1 fully saturated rings. The van der Waals surface area contributed by atoms with Crippen LogP contribution in [0.4, 0.5) is 5.69 Å². The highest BCUT2D eigenvalue weighted by molar-refractivity contribution is 7.89. The van der Waals surface area contributed by atoms with Crippen LogP contribution < -0.4 is 4.74 Å². The Morgan fingerprint density at radius 2 is 1.56 bits per heavy atom. The maximum Gasteiger partial charge on any atom is 0.271 e. The average Bonchev–Trinajstić information content (AvgIpc) is 2.79. The summed E-state index contributed by atoms with van der Waals surface area (Å²) in [5.74, 6) is 0.554. The van der Waals surface area contributed by atoms with Gasteiger partial charge in [0.2, 0.25) is 10.0 Å². The summed E-state index contributed by atoms with van der Waals surface area (Å²) in [6.45, 7) is 6.30. The number of ether oxygens (including phenoxy) is 1. The Hall–Kier alpha value is -3.27. The Bertz CT molecular complexity index is 1270. The largest absolute Gasteiger partial charge is 0.456 e. The van der Waals surface area contributed by atoms with Crippen molar-refractivity contribution in [3.63, 3.8) is 0 Å².